The fourth-order valence-corrected chi connectivity index (χ4v) is 3.05. The predicted molar refractivity (Wildman–Crippen MR) is 85.4 cm³/mol. The van der Waals surface area contributed by atoms with E-state index in [-0.39, 0.29) is 11.6 Å². The highest BCUT2D eigenvalue weighted by Crippen LogP contribution is 2.26. The van der Waals surface area contributed by atoms with Crippen molar-refractivity contribution in [1.82, 2.24) is 14.8 Å². The molecule has 7 heteroatoms. The third-order valence-electron chi connectivity index (χ3n) is 2.95. The summed E-state index contributed by atoms with van der Waals surface area (Å²) < 4.78 is 1.92. The second-order valence-electron chi connectivity index (χ2n) is 4.38. The maximum absolute atomic E-state index is 12.0. The van der Waals surface area contributed by atoms with Crippen LogP contribution in [0.2, 0.25) is 0 Å². The molecule has 0 aliphatic rings. The van der Waals surface area contributed by atoms with Gasteiger partial charge in [-0.05, 0) is 36.2 Å². The molecule has 108 valence electrons. The lowest BCUT2D eigenvalue weighted by molar-refractivity contribution is 0.612. The lowest BCUT2D eigenvalue weighted by Crippen LogP contribution is -2.24. The van der Waals surface area contributed by atoms with Crippen molar-refractivity contribution in [3.63, 3.8) is 0 Å². The van der Waals surface area contributed by atoms with Crippen molar-refractivity contribution in [1.29, 1.82) is 0 Å². The smallest absolute Gasteiger partial charge is 0.283 e. The maximum Gasteiger partial charge on any atom is 0.283 e. The third kappa shape index (κ3) is 3.09. The van der Waals surface area contributed by atoms with Crippen LogP contribution in [-0.2, 0) is 13.0 Å². The van der Waals surface area contributed by atoms with Crippen molar-refractivity contribution < 1.29 is 0 Å². The molecule has 0 aromatic carbocycles. The van der Waals surface area contributed by atoms with Gasteiger partial charge in [-0.25, -0.2) is 9.67 Å². The van der Waals surface area contributed by atoms with Crippen LogP contribution in [0.4, 0.5) is 5.69 Å². The van der Waals surface area contributed by atoms with Gasteiger partial charge in [-0.1, -0.05) is 6.92 Å². The van der Waals surface area contributed by atoms with Gasteiger partial charge in [0.25, 0.3) is 5.56 Å². The molecule has 0 amide bonds. The molecular weight excluding hydrogens is 340 g/mol. The molecule has 1 N–H and O–H groups in total. The summed E-state index contributed by atoms with van der Waals surface area (Å²) in [5.41, 5.74) is 0.568. The van der Waals surface area contributed by atoms with Crippen molar-refractivity contribution in [2.75, 3.05) is 5.32 Å². The highest BCUT2D eigenvalue weighted by atomic mass is 79.9. The summed E-state index contributed by atoms with van der Waals surface area (Å²) in [6.45, 7) is 6.58. The van der Waals surface area contributed by atoms with E-state index < -0.39 is 0 Å². The molecule has 1 atom stereocenters. The van der Waals surface area contributed by atoms with Crippen molar-refractivity contribution in [2.24, 2.45) is 0 Å². The summed E-state index contributed by atoms with van der Waals surface area (Å²) in [4.78, 5) is 17.7. The Balaban J connectivity index is 2.21. The van der Waals surface area contributed by atoms with Gasteiger partial charge in [-0.3, -0.25) is 4.79 Å². The number of thiazole rings is 1. The summed E-state index contributed by atoms with van der Waals surface area (Å²) in [5.74, 6) is 0. The van der Waals surface area contributed by atoms with E-state index in [0.717, 1.165) is 11.4 Å². The summed E-state index contributed by atoms with van der Waals surface area (Å²) in [6, 6.07) is 0.0373. The van der Waals surface area contributed by atoms with Gasteiger partial charge in [-0.15, -0.1) is 11.3 Å². The number of hydrogen-bond donors (Lipinski definition) is 1. The first kappa shape index (κ1) is 15.2. The molecule has 0 saturated heterocycles. The minimum atomic E-state index is -0.127. The molecule has 0 aliphatic carbocycles. The highest BCUT2D eigenvalue weighted by molar-refractivity contribution is 9.10. The molecule has 1 unspecified atom stereocenters. The van der Waals surface area contributed by atoms with Gasteiger partial charge < -0.3 is 5.32 Å². The zero-order valence-electron chi connectivity index (χ0n) is 11.7. The Bertz CT molecular complexity index is 652. The van der Waals surface area contributed by atoms with E-state index in [1.165, 1.54) is 9.56 Å². The number of nitrogens with one attached hydrogen (secondary N) is 1. The van der Waals surface area contributed by atoms with Gasteiger partial charge in [0, 0.05) is 17.6 Å². The normalized spacial score (nSPS) is 12.4. The molecule has 2 aromatic heterocycles. The Labute approximate surface area is 130 Å². The topological polar surface area (TPSA) is 59.8 Å². The number of aromatic nitrogens is 3. The largest absolute Gasteiger partial charge is 0.374 e. The molecule has 5 nitrogen and oxygen atoms in total. The Morgan fingerprint density at radius 1 is 1.45 bits per heavy atom. The van der Waals surface area contributed by atoms with Crippen LogP contribution in [0.5, 0.6) is 0 Å². The second kappa shape index (κ2) is 6.49. The van der Waals surface area contributed by atoms with E-state index in [2.05, 4.69) is 38.3 Å². The van der Waals surface area contributed by atoms with E-state index in [0.29, 0.717) is 16.7 Å². The minimum absolute atomic E-state index is 0.0373. The zero-order chi connectivity index (χ0) is 14.7. The minimum Gasteiger partial charge on any atom is -0.374 e. The predicted octanol–water partition coefficient (Wildman–Crippen LogP) is 3.22. The Hall–Kier alpha value is -1.21. The summed E-state index contributed by atoms with van der Waals surface area (Å²) in [6.07, 6.45) is 4.56. The van der Waals surface area contributed by atoms with E-state index in [4.69, 9.17) is 0 Å². The van der Waals surface area contributed by atoms with Crippen LogP contribution >= 0.6 is 27.3 Å². The SMILES string of the molecule is CCc1cnc(C(C)Nc2cnn(CC)c(=O)c2Br)s1. The number of anilines is 1. The maximum atomic E-state index is 12.0. The van der Waals surface area contributed by atoms with Crippen molar-refractivity contribution in [3.05, 3.63) is 37.1 Å². The number of hydrogen-bond acceptors (Lipinski definition) is 5. The highest BCUT2D eigenvalue weighted by Gasteiger charge is 2.14. The molecule has 2 aromatic rings. The lowest BCUT2D eigenvalue weighted by atomic mass is 10.3. The third-order valence-corrected chi connectivity index (χ3v) is 5.04. The summed E-state index contributed by atoms with van der Waals surface area (Å²) in [5, 5.41) is 8.41. The van der Waals surface area contributed by atoms with Crippen LogP contribution < -0.4 is 10.9 Å². The molecule has 2 rings (SSSR count). The van der Waals surface area contributed by atoms with E-state index in [9.17, 15) is 4.79 Å². The van der Waals surface area contributed by atoms with Crippen LogP contribution in [0.15, 0.2) is 21.7 Å². The molecular formula is C13H17BrN4OS. The molecule has 0 radical (unpaired) electrons. The average molecular weight is 357 g/mol. The van der Waals surface area contributed by atoms with Gasteiger partial charge in [-0.2, -0.15) is 5.10 Å². The standard InChI is InChI=1S/C13H17BrN4OS/c1-4-9-6-15-12(20-9)8(3)17-10-7-16-18(5-2)13(19)11(10)14/h6-8,17H,4-5H2,1-3H3. The van der Waals surface area contributed by atoms with Crippen molar-refractivity contribution in [2.45, 2.75) is 39.8 Å². The zero-order valence-corrected chi connectivity index (χ0v) is 14.1. The first-order valence-corrected chi connectivity index (χ1v) is 8.14. The Morgan fingerprint density at radius 3 is 2.80 bits per heavy atom. The lowest BCUT2D eigenvalue weighted by Gasteiger charge is -2.14. The number of halogens is 1. The van der Waals surface area contributed by atoms with Crippen molar-refractivity contribution >= 4 is 33.0 Å². The second-order valence-corrected chi connectivity index (χ2v) is 6.32. The van der Waals surface area contributed by atoms with E-state index >= 15 is 0 Å². The summed E-state index contributed by atoms with van der Waals surface area (Å²) in [7, 11) is 0. The van der Waals surface area contributed by atoms with Gasteiger partial charge in [0.15, 0.2) is 0 Å². The fraction of sp³-hybridized carbons (Fsp3) is 0.462. The molecule has 0 bridgehead atoms. The Kier molecular flexibility index (Phi) is 4.93. The number of aryl methyl sites for hydroxylation is 2. The number of nitrogens with zero attached hydrogens (tertiary/aromatic N) is 3. The average Bonchev–Trinajstić information content (AvgIpc) is 2.93. The summed E-state index contributed by atoms with van der Waals surface area (Å²) >= 11 is 5.02. The van der Waals surface area contributed by atoms with Gasteiger partial charge in [0.05, 0.1) is 17.9 Å². The van der Waals surface area contributed by atoms with Gasteiger partial charge >= 0.3 is 0 Å². The molecule has 20 heavy (non-hydrogen) atoms. The van der Waals surface area contributed by atoms with Gasteiger partial charge in [0.2, 0.25) is 0 Å². The van der Waals surface area contributed by atoms with Crippen LogP contribution in [0.1, 0.15) is 36.7 Å². The van der Waals surface area contributed by atoms with Crippen LogP contribution in [0.25, 0.3) is 0 Å². The van der Waals surface area contributed by atoms with Crippen LogP contribution in [0.3, 0.4) is 0 Å². The Morgan fingerprint density at radius 2 is 2.20 bits per heavy atom. The first-order chi connectivity index (χ1) is 9.56. The molecule has 0 aliphatic heterocycles. The van der Waals surface area contributed by atoms with Crippen LogP contribution in [0, 0.1) is 0 Å². The fourth-order valence-electron chi connectivity index (χ4n) is 1.77. The van der Waals surface area contributed by atoms with E-state index in [1.54, 1.807) is 17.5 Å². The number of rotatable bonds is 5. The van der Waals surface area contributed by atoms with Crippen LogP contribution in [-0.4, -0.2) is 14.8 Å². The quantitative estimate of drug-likeness (QED) is 0.893. The molecule has 2 heterocycles. The molecule has 0 fully saturated rings. The van der Waals surface area contributed by atoms with Crippen molar-refractivity contribution in [3.8, 4) is 0 Å². The van der Waals surface area contributed by atoms with E-state index in [1.807, 2.05) is 20.0 Å². The van der Waals surface area contributed by atoms with Gasteiger partial charge in [0.1, 0.15) is 9.48 Å². The first-order valence-electron chi connectivity index (χ1n) is 6.53. The molecule has 0 saturated carbocycles. The monoisotopic (exact) mass is 356 g/mol. The molecule has 0 spiro atoms.